The van der Waals surface area contributed by atoms with E-state index in [0.29, 0.717) is 22.5 Å². The molecule has 1 aromatic heterocycles. The number of nitrogens with two attached hydrogens (primary N) is 1. The van der Waals surface area contributed by atoms with Gasteiger partial charge in [-0.05, 0) is 35.7 Å². The number of aromatic nitrogens is 2. The van der Waals surface area contributed by atoms with Crippen molar-refractivity contribution < 1.29 is 0 Å². The maximum Gasteiger partial charge on any atom is 0.189 e. The highest BCUT2D eigenvalue weighted by atomic mass is 127. The molecule has 8 heteroatoms. The van der Waals surface area contributed by atoms with Crippen LogP contribution in [0.15, 0.2) is 66.2 Å². The largest absolute Gasteiger partial charge is 0.370 e. The van der Waals surface area contributed by atoms with Crippen molar-refractivity contribution in [2.75, 3.05) is 0 Å². The third-order valence-corrected chi connectivity index (χ3v) is 4.70. The first kappa shape index (κ1) is 22.5. The van der Waals surface area contributed by atoms with Crippen molar-refractivity contribution in [3.05, 3.63) is 87.9 Å². The van der Waals surface area contributed by atoms with Crippen molar-refractivity contribution in [3.63, 3.8) is 0 Å². The van der Waals surface area contributed by atoms with E-state index >= 15 is 0 Å². The number of nitrogens with zero attached hydrogens (tertiary/aromatic N) is 3. The molecule has 3 N–H and O–H groups in total. The molecule has 2 aromatic carbocycles. The smallest absolute Gasteiger partial charge is 0.189 e. The summed E-state index contributed by atoms with van der Waals surface area (Å²) in [5.74, 6) is 0.369. The zero-order valence-corrected chi connectivity index (χ0v) is 19.2. The van der Waals surface area contributed by atoms with Crippen molar-refractivity contribution >= 4 is 53.1 Å². The molecule has 5 nitrogen and oxygen atoms in total. The zero-order valence-electron chi connectivity index (χ0n) is 15.3. The summed E-state index contributed by atoms with van der Waals surface area (Å²) in [5, 5.41) is 4.37. The van der Waals surface area contributed by atoms with E-state index in [1.165, 1.54) is 5.56 Å². The van der Waals surface area contributed by atoms with Crippen molar-refractivity contribution in [1.29, 1.82) is 0 Å². The van der Waals surface area contributed by atoms with Gasteiger partial charge in [0.2, 0.25) is 0 Å². The number of guanidine groups is 1. The first-order valence-electron chi connectivity index (χ1n) is 8.56. The predicted molar refractivity (Wildman–Crippen MR) is 127 cm³/mol. The Balaban J connectivity index is 0.00000280. The minimum absolute atomic E-state index is 0. The van der Waals surface area contributed by atoms with Crippen LogP contribution in [0.3, 0.4) is 0 Å². The van der Waals surface area contributed by atoms with Crippen LogP contribution in [0.25, 0.3) is 0 Å². The van der Waals surface area contributed by atoms with Crippen LogP contribution < -0.4 is 11.1 Å². The van der Waals surface area contributed by atoms with Gasteiger partial charge in [-0.3, -0.25) is 0 Å². The molecule has 1 atom stereocenters. The van der Waals surface area contributed by atoms with Gasteiger partial charge in [-0.1, -0.05) is 53.5 Å². The van der Waals surface area contributed by atoms with Gasteiger partial charge in [0, 0.05) is 29.0 Å². The van der Waals surface area contributed by atoms with Crippen molar-refractivity contribution in [2.24, 2.45) is 10.7 Å². The van der Waals surface area contributed by atoms with Crippen LogP contribution in [0, 0.1) is 0 Å². The summed E-state index contributed by atoms with van der Waals surface area (Å²) < 4.78 is 2.02. The lowest BCUT2D eigenvalue weighted by Gasteiger charge is -2.16. The Morgan fingerprint density at radius 2 is 2.00 bits per heavy atom. The van der Waals surface area contributed by atoms with Gasteiger partial charge in [-0.25, -0.2) is 9.98 Å². The molecule has 0 aliphatic heterocycles. The molecule has 0 fully saturated rings. The first-order chi connectivity index (χ1) is 13.0. The Kier molecular flexibility index (Phi) is 8.59. The molecular weight excluding hydrogens is 508 g/mol. The zero-order chi connectivity index (χ0) is 19.2. The lowest BCUT2D eigenvalue weighted by atomic mass is 10.1. The van der Waals surface area contributed by atoms with Crippen LogP contribution in [0.5, 0.6) is 0 Å². The van der Waals surface area contributed by atoms with Gasteiger partial charge >= 0.3 is 0 Å². The highest BCUT2D eigenvalue weighted by Gasteiger charge is 2.10. The fourth-order valence-electron chi connectivity index (χ4n) is 2.79. The summed E-state index contributed by atoms with van der Waals surface area (Å²) in [6.07, 6.45) is 5.51. The fourth-order valence-corrected chi connectivity index (χ4v) is 3.36. The normalized spacial score (nSPS) is 12.3. The van der Waals surface area contributed by atoms with E-state index < -0.39 is 0 Å². The molecule has 0 radical (unpaired) electrons. The van der Waals surface area contributed by atoms with E-state index in [1.807, 2.05) is 35.9 Å². The quantitative estimate of drug-likeness (QED) is 0.267. The highest BCUT2D eigenvalue weighted by Crippen LogP contribution is 2.25. The predicted octanol–water partition coefficient (Wildman–Crippen LogP) is 5.02. The van der Waals surface area contributed by atoms with Crippen LogP contribution >= 0.6 is 47.2 Å². The summed E-state index contributed by atoms with van der Waals surface area (Å²) >= 11 is 12.2. The lowest BCUT2D eigenvalue weighted by molar-refractivity contribution is 0.708. The molecular formula is C20H22Cl2IN5. The van der Waals surface area contributed by atoms with E-state index in [0.717, 1.165) is 17.7 Å². The van der Waals surface area contributed by atoms with Crippen LogP contribution in [-0.2, 0) is 13.1 Å². The summed E-state index contributed by atoms with van der Waals surface area (Å²) in [6.45, 7) is 3.25. The second kappa shape index (κ2) is 10.7. The maximum atomic E-state index is 6.24. The Hall–Kier alpha value is -1.77. The van der Waals surface area contributed by atoms with Gasteiger partial charge in [0.25, 0.3) is 0 Å². The van der Waals surface area contributed by atoms with E-state index in [4.69, 9.17) is 28.9 Å². The minimum atomic E-state index is -0.0777. The van der Waals surface area contributed by atoms with E-state index in [-0.39, 0.29) is 30.0 Å². The van der Waals surface area contributed by atoms with E-state index in [9.17, 15) is 0 Å². The van der Waals surface area contributed by atoms with Crippen molar-refractivity contribution in [2.45, 2.75) is 26.1 Å². The molecule has 3 rings (SSSR count). The number of halogens is 3. The first-order valence-corrected chi connectivity index (χ1v) is 9.32. The molecule has 3 aromatic rings. The van der Waals surface area contributed by atoms with Gasteiger partial charge < -0.3 is 15.6 Å². The van der Waals surface area contributed by atoms with Gasteiger partial charge in [-0.2, -0.15) is 0 Å². The van der Waals surface area contributed by atoms with Crippen LogP contribution in [0.2, 0.25) is 10.0 Å². The summed E-state index contributed by atoms with van der Waals surface area (Å²) in [5.41, 5.74) is 9.24. The second-order valence-corrected chi connectivity index (χ2v) is 7.13. The Labute approximate surface area is 192 Å². The molecule has 1 unspecified atom stereocenters. The second-order valence-electron chi connectivity index (χ2n) is 6.29. The van der Waals surface area contributed by atoms with Crippen LogP contribution in [-0.4, -0.2) is 15.5 Å². The Bertz CT molecular complexity index is 928. The monoisotopic (exact) mass is 529 g/mol. The molecule has 0 saturated heterocycles. The average molecular weight is 530 g/mol. The molecule has 0 aliphatic rings. The average Bonchev–Trinajstić information content (AvgIpc) is 3.13. The van der Waals surface area contributed by atoms with E-state index in [2.05, 4.69) is 27.4 Å². The van der Waals surface area contributed by atoms with Crippen molar-refractivity contribution in [3.8, 4) is 0 Å². The third kappa shape index (κ3) is 6.39. The molecule has 28 heavy (non-hydrogen) atoms. The van der Waals surface area contributed by atoms with E-state index in [1.54, 1.807) is 24.7 Å². The molecule has 1 heterocycles. The molecule has 0 saturated carbocycles. The maximum absolute atomic E-state index is 6.24. The highest BCUT2D eigenvalue weighted by molar-refractivity contribution is 14.0. The van der Waals surface area contributed by atoms with Gasteiger partial charge in [0.1, 0.15) is 0 Å². The van der Waals surface area contributed by atoms with Crippen molar-refractivity contribution in [1.82, 2.24) is 14.9 Å². The number of hydrogen-bond acceptors (Lipinski definition) is 2. The number of rotatable bonds is 6. The van der Waals surface area contributed by atoms with Crippen LogP contribution in [0.1, 0.15) is 29.7 Å². The number of hydrogen-bond donors (Lipinski definition) is 2. The molecule has 148 valence electrons. The SMILES string of the molecule is CC(NC(N)=NCc1cccc(Cn2ccnc2)c1)c1ccc(Cl)cc1Cl.I. The summed E-state index contributed by atoms with van der Waals surface area (Å²) in [6, 6.07) is 13.6. The number of nitrogens with one attached hydrogen (secondary N) is 1. The number of benzene rings is 2. The molecule has 0 spiro atoms. The minimum Gasteiger partial charge on any atom is -0.370 e. The lowest BCUT2D eigenvalue weighted by Crippen LogP contribution is -2.34. The summed E-state index contributed by atoms with van der Waals surface area (Å²) in [7, 11) is 0. The fraction of sp³-hybridized carbons (Fsp3) is 0.200. The Morgan fingerprint density at radius 3 is 2.71 bits per heavy atom. The molecule has 0 aliphatic carbocycles. The van der Waals surface area contributed by atoms with Gasteiger partial charge in [-0.15, -0.1) is 24.0 Å². The third-order valence-electron chi connectivity index (χ3n) is 4.14. The Morgan fingerprint density at radius 1 is 1.21 bits per heavy atom. The molecule has 0 amide bonds. The van der Waals surface area contributed by atoms with Gasteiger partial charge in [0.05, 0.1) is 18.9 Å². The molecule has 0 bridgehead atoms. The number of aliphatic imine (C=N–C) groups is 1. The summed E-state index contributed by atoms with van der Waals surface area (Å²) in [4.78, 5) is 8.50. The van der Waals surface area contributed by atoms with Crippen LogP contribution in [0.4, 0.5) is 0 Å². The topological polar surface area (TPSA) is 68.2 Å². The number of imidazole rings is 1. The standard InChI is InChI=1S/C20H21Cl2N5.HI/c1-14(18-6-5-17(21)10-19(18)22)26-20(23)25-11-15-3-2-4-16(9-15)12-27-8-7-24-13-27;/h2-10,13-14H,11-12H2,1H3,(H3,23,25,26);1H. The van der Waals surface area contributed by atoms with Gasteiger partial charge in [0.15, 0.2) is 5.96 Å².